The van der Waals surface area contributed by atoms with E-state index in [1.807, 2.05) is 0 Å². The second-order valence-corrected chi connectivity index (χ2v) is 3.56. The molecule has 0 saturated carbocycles. The van der Waals surface area contributed by atoms with E-state index >= 15 is 0 Å². The molecule has 0 aromatic rings. The average Bonchev–Trinajstić information content (AvgIpc) is 2.27. The summed E-state index contributed by atoms with van der Waals surface area (Å²) >= 11 is 0. The quantitative estimate of drug-likeness (QED) is 0.622. The Labute approximate surface area is 103 Å². The summed E-state index contributed by atoms with van der Waals surface area (Å²) < 4.78 is 149. The second-order valence-electron chi connectivity index (χ2n) is 3.56. The van der Waals surface area contributed by atoms with Gasteiger partial charge in [-0.15, -0.1) is 0 Å². The van der Waals surface area contributed by atoms with Crippen molar-refractivity contribution in [3.8, 4) is 0 Å². The zero-order chi connectivity index (χ0) is 16.8. The highest BCUT2D eigenvalue weighted by Gasteiger charge is 2.87. The van der Waals surface area contributed by atoms with E-state index in [0.29, 0.717) is 0 Å². The Bertz CT molecular complexity index is 343. The molecule has 0 aliphatic heterocycles. The van der Waals surface area contributed by atoms with E-state index in [1.165, 1.54) is 0 Å². The first-order valence-electron chi connectivity index (χ1n) is 4.48. The summed E-state index contributed by atoms with van der Waals surface area (Å²) in [5.74, 6) is -34.7. The zero-order valence-corrected chi connectivity index (χ0v) is 9.19. The molecule has 0 fully saturated rings. The van der Waals surface area contributed by atoms with Crippen LogP contribution in [0.3, 0.4) is 0 Å². The molecular formula is C8H5F12. The third-order valence-electron chi connectivity index (χ3n) is 2.26. The second kappa shape index (κ2) is 4.86. The number of rotatable bonds is 6. The molecule has 0 heterocycles. The smallest absolute Gasteiger partial charge is 0.203 e. The molecule has 1 radical (unpaired) electrons. The molecular weight excluding hydrogens is 324 g/mol. The first kappa shape index (κ1) is 19.2. The van der Waals surface area contributed by atoms with Gasteiger partial charge < -0.3 is 0 Å². The van der Waals surface area contributed by atoms with Crippen LogP contribution in [-0.4, -0.2) is 36.0 Å². The molecule has 0 nitrogen and oxygen atoms in total. The summed E-state index contributed by atoms with van der Waals surface area (Å²) in [7, 11) is 0. The summed E-state index contributed by atoms with van der Waals surface area (Å²) in [6.45, 7) is 0.0629. The van der Waals surface area contributed by atoms with Gasteiger partial charge in [-0.3, -0.25) is 0 Å². The number of hydrogen-bond acceptors (Lipinski definition) is 0. The molecule has 0 aromatic heterocycles. The van der Waals surface area contributed by atoms with Crippen LogP contribution in [0, 0.1) is 6.42 Å². The predicted molar refractivity (Wildman–Crippen MR) is 40.7 cm³/mol. The van der Waals surface area contributed by atoms with E-state index < -0.39 is 42.5 Å². The Morgan fingerprint density at radius 2 is 1.00 bits per heavy atom. The molecule has 0 rings (SSSR count). The van der Waals surface area contributed by atoms with Crippen LogP contribution in [-0.2, 0) is 0 Å². The maximum absolute atomic E-state index is 12.7. The van der Waals surface area contributed by atoms with Crippen molar-refractivity contribution in [1.29, 1.82) is 0 Å². The fourth-order valence-corrected chi connectivity index (χ4v) is 0.934. The van der Waals surface area contributed by atoms with Gasteiger partial charge >= 0.3 is 36.0 Å². The molecule has 20 heavy (non-hydrogen) atoms. The molecule has 121 valence electrons. The van der Waals surface area contributed by atoms with Gasteiger partial charge in [0.1, 0.15) is 0 Å². The van der Waals surface area contributed by atoms with Crippen LogP contribution in [0.25, 0.3) is 0 Å². The van der Waals surface area contributed by atoms with E-state index in [1.54, 1.807) is 0 Å². The fraction of sp³-hybridized carbons (Fsp3) is 0.875. The van der Waals surface area contributed by atoms with Crippen molar-refractivity contribution >= 4 is 0 Å². The van der Waals surface area contributed by atoms with Gasteiger partial charge in [0.15, 0.2) is 0 Å². The van der Waals surface area contributed by atoms with Crippen molar-refractivity contribution in [2.45, 2.75) is 43.0 Å². The molecule has 0 spiro atoms. The Hall–Kier alpha value is -0.840. The molecule has 0 N–H and O–H groups in total. The molecule has 0 atom stereocenters. The van der Waals surface area contributed by atoms with Gasteiger partial charge in [-0.2, -0.15) is 43.9 Å². The highest BCUT2D eigenvalue weighted by Crippen LogP contribution is 2.58. The Balaban J connectivity index is 5.98. The lowest BCUT2D eigenvalue weighted by Gasteiger charge is -2.38. The molecule has 0 unspecified atom stereocenters. The summed E-state index contributed by atoms with van der Waals surface area (Å²) in [6, 6.07) is 0. The highest BCUT2D eigenvalue weighted by molar-refractivity contribution is 5.11. The van der Waals surface area contributed by atoms with Crippen LogP contribution < -0.4 is 0 Å². The standard InChI is InChI=1S/C8H5F12/c1-2-4(11,12)6(15,16)8(19,20)7(17,18)5(13,14)3(9)10/h2-3H,1H3. The normalized spacial score (nSPS) is 15.9. The molecule has 0 amide bonds. The summed E-state index contributed by atoms with van der Waals surface area (Å²) in [4.78, 5) is 0. The first-order valence-corrected chi connectivity index (χ1v) is 4.48. The van der Waals surface area contributed by atoms with Crippen molar-refractivity contribution in [2.75, 3.05) is 0 Å². The predicted octanol–water partition coefficient (Wildman–Crippen LogP) is 4.65. The highest BCUT2D eigenvalue weighted by atomic mass is 19.4. The topological polar surface area (TPSA) is 0 Å². The van der Waals surface area contributed by atoms with Crippen LogP contribution in [0.15, 0.2) is 0 Å². The Morgan fingerprint density at radius 3 is 1.25 bits per heavy atom. The van der Waals surface area contributed by atoms with Crippen molar-refractivity contribution in [3.63, 3.8) is 0 Å². The van der Waals surface area contributed by atoms with Crippen LogP contribution in [0.2, 0.25) is 0 Å². The molecule has 12 heteroatoms. The SMILES string of the molecule is C[CH]C(F)(F)C(F)(F)C(F)(F)C(F)(F)C(F)(F)C(F)F. The minimum atomic E-state index is -7.43. The minimum Gasteiger partial charge on any atom is -0.203 e. The monoisotopic (exact) mass is 329 g/mol. The van der Waals surface area contributed by atoms with Gasteiger partial charge in [0, 0.05) is 6.42 Å². The van der Waals surface area contributed by atoms with Gasteiger partial charge in [0.05, 0.1) is 0 Å². The van der Waals surface area contributed by atoms with Crippen LogP contribution in [0.1, 0.15) is 6.92 Å². The van der Waals surface area contributed by atoms with Crippen molar-refractivity contribution in [3.05, 3.63) is 6.42 Å². The maximum Gasteiger partial charge on any atom is 0.384 e. The zero-order valence-electron chi connectivity index (χ0n) is 9.19. The summed E-state index contributed by atoms with van der Waals surface area (Å²) in [6.07, 6.45) is -6.42. The van der Waals surface area contributed by atoms with Gasteiger partial charge in [-0.1, -0.05) is 6.92 Å². The lowest BCUT2D eigenvalue weighted by molar-refractivity contribution is -0.408. The van der Waals surface area contributed by atoms with Crippen LogP contribution >= 0.6 is 0 Å². The minimum absolute atomic E-state index is 0.0629. The van der Waals surface area contributed by atoms with Gasteiger partial charge in [0.2, 0.25) is 0 Å². The van der Waals surface area contributed by atoms with E-state index in [4.69, 9.17) is 0 Å². The Kier molecular flexibility index (Phi) is 4.66. The summed E-state index contributed by atoms with van der Waals surface area (Å²) in [5.41, 5.74) is 0. The molecule has 0 aliphatic rings. The largest absolute Gasteiger partial charge is 0.384 e. The van der Waals surface area contributed by atoms with Crippen LogP contribution in [0.5, 0.6) is 0 Å². The summed E-state index contributed by atoms with van der Waals surface area (Å²) in [5, 5.41) is 0. The third-order valence-corrected chi connectivity index (χ3v) is 2.26. The van der Waals surface area contributed by atoms with Crippen LogP contribution in [0.4, 0.5) is 52.7 Å². The number of halogens is 12. The van der Waals surface area contributed by atoms with Gasteiger partial charge in [-0.05, 0) is 0 Å². The lowest BCUT2D eigenvalue weighted by atomic mass is 9.93. The first-order chi connectivity index (χ1) is 8.50. The molecule has 0 bridgehead atoms. The molecule has 0 aromatic carbocycles. The average molecular weight is 329 g/mol. The van der Waals surface area contributed by atoms with Crippen molar-refractivity contribution in [1.82, 2.24) is 0 Å². The van der Waals surface area contributed by atoms with Gasteiger partial charge in [0.25, 0.3) is 0 Å². The van der Waals surface area contributed by atoms with Gasteiger partial charge in [-0.25, -0.2) is 8.78 Å². The van der Waals surface area contributed by atoms with E-state index in [9.17, 15) is 52.7 Å². The van der Waals surface area contributed by atoms with E-state index in [2.05, 4.69) is 0 Å². The third kappa shape index (κ3) is 2.30. The van der Waals surface area contributed by atoms with E-state index in [0.717, 1.165) is 0 Å². The Morgan fingerprint density at radius 1 is 0.650 bits per heavy atom. The number of hydrogen-bond donors (Lipinski definition) is 0. The van der Waals surface area contributed by atoms with E-state index in [-0.39, 0.29) is 6.92 Å². The molecule has 0 saturated heterocycles. The van der Waals surface area contributed by atoms with Crippen molar-refractivity contribution < 1.29 is 52.7 Å². The lowest BCUT2D eigenvalue weighted by Crippen LogP contribution is -2.68. The number of alkyl halides is 12. The fourth-order valence-electron chi connectivity index (χ4n) is 0.934. The molecule has 0 aliphatic carbocycles. The maximum atomic E-state index is 12.7. The van der Waals surface area contributed by atoms with Crippen molar-refractivity contribution in [2.24, 2.45) is 0 Å².